The number of anilines is 1. The molecular weight excluding hydrogens is 328 g/mol. The maximum Gasteiger partial charge on any atom is 0.265 e. The van der Waals surface area contributed by atoms with E-state index in [-0.39, 0.29) is 12.5 Å². The highest BCUT2D eigenvalue weighted by molar-refractivity contribution is 5.97. The molecule has 144 valence electrons. The van der Waals surface area contributed by atoms with Gasteiger partial charge in [0.05, 0.1) is 5.69 Å². The van der Waals surface area contributed by atoms with Crippen LogP contribution in [0.3, 0.4) is 0 Å². The van der Waals surface area contributed by atoms with E-state index >= 15 is 0 Å². The highest BCUT2D eigenvalue weighted by Gasteiger charge is 2.24. The predicted octanol–water partition coefficient (Wildman–Crippen LogP) is 2.79. The molecule has 0 fully saturated rings. The summed E-state index contributed by atoms with van der Waals surface area (Å²) in [5.41, 5.74) is 0.859. The average Bonchev–Trinajstić information content (AvgIpc) is 2.67. The SMILES string of the molecule is CCNC(=NCC(CC)CC)NCCCN1C(=O)COc2ccccc21. The van der Waals surface area contributed by atoms with Crippen molar-refractivity contribution < 1.29 is 9.53 Å². The fourth-order valence-corrected chi connectivity index (χ4v) is 2.95. The van der Waals surface area contributed by atoms with E-state index in [0.29, 0.717) is 12.5 Å². The molecule has 0 radical (unpaired) electrons. The van der Waals surface area contributed by atoms with E-state index in [1.54, 1.807) is 0 Å². The van der Waals surface area contributed by atoms with Crippen molar-refractivity contribution in [1.29, 1.82) is 0 Å². The largest absolute Gasteiger partial charge is 0.482 e. The van der Waals surface area contributed by atoms with Crippen molar-refractivity contribution in [2.75, 3.05) is 37.7 Å². The number of nitrogens with one attached hydrogen (secondary N) is 2. The number of carbonyl (C=O) groups is 1. The number of guanidine groups is 1. The maximum absolute atomic E-state index is 12.2. The summed E-state index contributed by atoms with van der Waals surface area (Å²) in [6, 6.07) is 7.69. The second kappa shape index (κ2) is 10.7. The first-order chi connectivity index (χ1) is 12.7. The molecule has 1 aliphatic rings. The van der Waals surface area contributed by atoms with Crippen LogP contribution >= 0.6 is 0 Å². The van der Waals surface area contributed by atoms with Gasteiger partial charge in [-0.25, -0.2) is 0 Å². The van der Waals surface area contributed by atoms with Gasteiger partial charge in [-0.15, -0.1) is 0 Å². The van der Waals surface area contributed by atoms with Gasteiger partial charge in [-0.1, -0.05) is 38.8 Å². The maximum atomic E-state index is 12.2. The number of rotatable bonds is 9. The third-order valence-electron chi connectivity index (χ3n) is 4.67. The molecule has 6 heteroatoms. The van der Waals surface area contributed by atoms with Crippen molar-refractivity contribution in [1.82, 2.24) is 10.6 Å². The zero-order valence-corrected chi connectivity index (χ0v) is 16.3. The minimum absolute atomic E-state index is 0.0120. The fraction of sp³-hybridized carbons (Fsp3) is 0.600. The molecule has 0 bridgehead atoms. The van der Waals surface area contributed by atoms with Gasteiger partial charge in [-0.2, -0.15) is 0 Å². The normalized spacial score (nSPS) is 14.2. The monoisotopic (exact) mass is 360 g/mol. The van der Waals surface area contributed by atoms with Gasteiger partial charge in [-0.3, -0.25) is 9.79 Å². The third kappa shape index (κ3) is 5.64. The zero-order valence-electron chi connectivity index (χ0n) is 16.3. The quantitative estimate of drug-likeness (QED) is 0.404. The van der Waals surface area contributed by atoms with Gasteiger partial charge >= 0.3 is 0 Å². The van der Waals surface area contributed by atoms with Crippen LogP contribution in [0.15, 0.2) is 29.3 Å². The second-order valence-electron chi connectivity index (χ2n) is 6.48. The molecule has 0 spiro atoms. The van der Waals surface area contributed by atoms with Crippen molar-refractivity contribution >= 4 is 17.6 Å². The Morgan fingerprint density at radius 3 is 2.73 bits per heavy atom. The van der Waals surface area contributed by atoms with Gasteiger partial charge in [0, 0.05) is 26.2 Å². The Morgan fingerprint density at radius 2 is 2.00 bits per heavy atom. The number of benzene rings is 1. The molecule has 26 heavy (non-hydrogen) atoms. The Labute approximate surface area is 157 Å². The molecule has 6 nitrogen and oxygen atoms in total. The minimum atomic E-state index is 0.0120. The standard InChI is InChI=1S/C20H32N4O2/c1-4-16(5-2)14-23-20(21-6-3)22-12-9-13-24-17-10-7-8-11-18(17)26-15-19(24)25/h7-8,10-11,16H,4-6,9,12-15H2,1-3H3,(H2,21,22,23). The lowest BCUT2D eigenvalue weighted by Crippen LogP contribution is -2.42. The smallest absolute Gasteiger partial charge is 0.265 e. The Balaban J connectivity index is 1.84. The van der Waals surface area contributed by atoms with Crippen LogP contribution in [0.5, 0.6) is 5.75 Å². The molecule has 0 aliphatic carbocycles. The fourth-order valence-electron chi connectivity index (χ4n) is 2.95. The average molecular weight is 361 g/mol. The molecule has 1 aromatic rings. The van der Waals surface area contributed by atoms with Gasteiger partial charge in [0.1, 0.15) is 5.75 Å². The number of carbonyl (C=O) groups excluding carboxylic acids is 1. The molecule has 0 unspecified atom stereocenters. The second-order valence-corrected chi connectivity index (χ2v) is 6.48. The van der Waals surface area contributed by atoms with E-state index in [0.717, 1.165) is 56.3 Å². The molecule has 0 aromatic heterocycles. The Bertz CT molecular complexity index is 599. The number of fused-ring (bicyclic) bond motifs is 1. The zero-order chi connectivity index (χ0) is 18.8. The third-order valence-corrected chi connectivity index (χ3v) is 4.67. The van der Waals surface area contributed by atoms with Gasteiger partial charge in [0.25, 0.3) is 5.91 Å². The molecule has 1 aliphatic heterocycles. The first-order valence-corrected chi connectivity index (χ1v) is 9.73. The summed E-state index contributed by atoms with van der Waals surface area (Å²) < 4.78 is 5.48. The summed E-state index contributed by atoms with van der Waals surface area (Å²) in [6.07, 6.45) is 3.14. The Kier molecular flexibility index (Phi) is 8.25. The van der Waals surface area contributed by atoms with Crippen LogP contribution in [0, 0.1) is 5.92 Å². The summed E-state index contributed by atoms with van der Waals surface area (Å²) in [4.78, 5) is 18.7. The summed E-state index contributed by atoms with van der Waals surface area (Å²) >= 11 is 0. The van der Waals surface area contributed by atoms with Crippen molar-refractivity contribution in [3.8, 4) is 5.75 Å². The Hall–Kier alpha value is -2.24. The molecule has 2 N–H and O–H groups in total. The van der Waals surface area contributed by atoms with Crippen LogP contribution in [0.4, 0.5) is 5.69 Å². The molecule has 1 aromatic carbocycles. The molecule has 0 atom stereocenters. The van der Waals surface area contributed by atoms with Crippen molar-refractivity contribution in [2.24, 2.45) is 10.9 Å². The lowest BCUT2D eigenvalue weighted by atomic mass is 10.0. The number of ether oxygens (including phenoxy) is 1. The molecule has 0 saturated heterocycles. The lowest BCUT2D eigenvalue weighted by molar-refractivity contribution is -0.121. The van der Waals surface area contributed by atoms with Gasteiger partial charge in [0.15, 0.2) is 12.6 Å². The number of hydrogen-bond acceptors (Lipinski definition) is 3. The van der Waals surface area contributed by atoms with Gasteiger partial charge in [-0.05, 0) is 31.4 Å². The molecule has 1 amide bonds. The summed E-state index contributed by atoms with van der Waals surface area (Å²) in [6.45, 7) is 9.71. The molecule has 2 rings (SSSR count). The number of para-hydroxylation sites is 2. The minimum Gasteiger partial charge on any atom is -0.482 e. The first-order valence-electron chi connectivity index (χ1n) is 9.73. The lowest BCUT2D eigenvalue weighted by Gasteiger charge is -2.29. The van der Waals surface area contributed by atoms with E-state index in [1.807, 2.05) is 29.2 Å². The predicted molar refractivity (Wildman–Crippen MR) is 107 cm³/mol. The molecule has 0 saturated carbocycles. The van der Waals surface area contributed by atoms with E-state index in [9.17, 15) is 4.79 Å². The van der Waals surface area contributed by atoms with E-state index < -0.39 is 0 Å². The van der Waals surface area contributed by atoms with Crippen LogP contribution in [-0.2, 0) is 4.79 Å². The van der Waals surface area contributed by atoms with Crippen molar-refractivity contribution in [2.45, 2.75) is 40.0 Å². The van der Waals surface area contributed by atoms with E-state index in [4.69, 9.17) is 4.74 Å². The van der Waals surface area contributed by atoms with E-state index in [2.05, 4.69) is 36.4 Å². The highest BCUT2D eigenvalue weighted by atomic mass is 16.5. The first kappa shape index (κ1) is 20.1. The summed E-state index contributed by atoms with van der Waals surface area (Å²) in [5, 5.41) is 6.66. The van der Waals surface area contributed by atoms with Crippen LogP contribution in [-0.4, -0.2) is 44.7 Å². The van der Waals surface area contributed by atoms with Crippen molar-refractivity contribution in [3.05, 3.63) is 24.3 Å². The van der Waals surface area contributed by atoms with Crippen molar-refractivity contribution in [3.63, 3.8) is 0 Å². The topological polar surface area (TPSA) is 66.0 Å². The van der Waals surface area contributed by atoms with Gasteiger partial charge in [0.2, 0.25) is 0 Å². The highest BCUT2D eigenvalue weighted by Crippen LogP contribution is 2.31. The van der Waals surface area contributed by atoms with Crippen LogP contribution in [0.1, 0.15) is 40.0 Å². The number of nitrogens with zero attached hydrogens (tertiary/aromatic N) is 2. The molecule has 1 heterocycles. The molecular formula is C20H32N4O2. The number of aliphatic imine (C=N–C) groups is 1. The van der Waals surface area contributed by atoms with E-state index in [1.165, 1.54) is 0 Å². The van der Waals surface area contributed by atoms with Crippen LogP contribution < -0.4 is 20.3 Å². The summed E-state index contributed by atoms with van der Waals surface area (Å²) in [7, 11) is 0. The summed E-state index contributed by atoms with van der Waals surface area (Å²) in [5.74, 6) is 2.28. The number of hydrogen-bond donors (Lipinski definition) is 2. The number of amides is 1. The van der Waals surface area contributed by atoms with Crippen LogP contribution in [0.2, 0.25) is 0 Å². The van der Waals surface area contributed by atoms with Gasteiger partial charge < -0.3 is 20.3 Å². The van der Waals surface area contributed by atoms with Crippen LogP contribution in [0.25, 0.3) is 0 Å². The Morgan fingerprint density at radius 1 is 1.23 bits per heavy atom.